The van der Waals surface area contributed by atoms with Crippen molar-refractivity contribution in [3.63, 3.8) is 0 Å². The third-order valence-electron chi connectivity index (χ3n) is 3.34. The van der Waals surface area contributed by atoms with Gasteiger partial charge < -0.3 is 20.6 Å². The summed E-state index contributed by atoms with van der Waals surface area (Å²) in [4.78, 5) is 20.1. The van der Waals surface area contributed by atoms with Crippen LogP contribution < -0.4 is 5.73 Å². The summed E-state index contributed by atoms with van der Waals surface area (Å²) < 4.78 is 0. The average molecular weight is 299 g/mol. The number of nitrogens with zero attached hydrogens (tertiary/aromatic N) is 3. The second kappa shape index (κ2) is 5.95. The van der Waals surface area contributed by atoms with Crippen LogP contribution in [0.5, 0.6) is 0 Å². The predicted octanol–water partition coefficient (Wildman–Crippen LogP) is 0.454. The van der Waals surface area contributed by atoms with Crippen LogP contribution >= 0.6 is 11.6 Å². The van der Waals surface area contributed by atoms with Gasteiger partial charge in [0, 0.05) is 25.3 Å². The van der Waals surface area contributed by atoms with Crippen molar-refractivity contribution in [1.29, 1.82) is 0 Å². The van der Waals surface area contributed by atoms with E-state index in [9.17, 15) is 9.90 Å². The first kappa shape index (κ1) is 15.0. The summed E-state index contributed by atoms with van der Waals surface area (Å²) in [5.74, 6) is 0.0363. The number of β-amino-alcohol motifs (C(OH)–C–C–N with tert-alkyl or cyclic N) is 1. The van der Waals surface area contributed by atoms with Crippen LogP contribution in [0.1, 0.15) is 16.8 Å². The fourth-order valence-corrected chi connectivity index (χ4v) is 2.69. The number of aliphatic hydroxyl groups excluding tert-OH is 1. The highest BCUT2D eigenvalue weighted by atomic mass is 35.5. The van der Waals surface area contributed by atoms with Gasteiger partial charge in [-0.15, -0.1) is 0 Å². The van der Waals surface area contributed by atoms with Crippen LogP contribution in [0.25, 0.3) is 0 Å². The molecule has 1 aliphatic heterocycles. The molecule has 1 fully saturated rings. The molecule has 110 valence electrons. The zero-order valence-electron chi connectivity index (χ0n) is 11.6. The molecule has 20 heavy (non-hydrogen) atoms. The topological polar surface area (TPSA) is 82.7 Å². The number of carbonyl (C=O) groups is 1. The van der Waals surface area contributed by atoms with E-state index in [0.717, 1.165) is 0 Å². The van der Waals surface area contributed by atoms with Gasteiger partial charge in [0.05, 0.1) is 16.7 Å². The van der Waals surface area contributed by atoms with Crippen molar-refractivity contribution in [2.45, 2.75) is 18.6 Å². The minimum Gasteiger partial charge on any atom is -0.391 e. The summed E-state index contributed by atoms with van der Waals surface area (Å²) in [5.41, 5.74) is 5.94. The molecule has 0 spiro atoms. The number of aromatic nitrogens is 1. The van der Waals surface area contributed by atoms with Crippen LogP contribution in [-0.2, 0) is 0 Å². The summed E-state index contributed by atoms with van der Waals surface area (Å²) in [7, 11) is 3.87. The van der Waals surface area contributed by atoms with Gasteiger partial charge in [0.25, 0.3) is 5.91 Å². The zero-order chi connectivity index (χ0) is 14.9. The van der Waals surface area contributed by atoms with Gasteiger partial charge in [-0.2, -0.15) is 0 Å². The average Bonchev–Trinajstić information content (AvgIpc) is 2.71. The number of hydrogen-bond donors (Lipinski definition) is 2. The molecule has 0 bridgehead atoms. The third kappa shape index (κ3) is 3.20. The lowest BCUT2D eigenvalue weighted by molar-refractivity contribution is 0.0699. The quantitative estimate of drug-likeness (QED) is 0.847. The molecule has 1 aromatic heterocycles. The van der Waals surface area contributed by atoms with Crippen LogP contribution in [0.3, 0.4) is 0 Å². The number of nitrogens with two attached hydrogens (primary N) is 1. The Kier molecular flexibility index (Phi) is 4.47. The number of amides is 1. The van der Waals surface area contributed by atoms with Crippen molar-refractivity contribution in [3.8, 4) is 0 Å². The maximum atomic E-state index is 12.6. The molecular weight excluding hydrogens is 280 g/mol. The summed E-state index contributed by atoms with van der Waals surface area (Å²) in [5, 5.41) is 10.1. The van der Waals surface area contributed by atoms with Crippen LogP contribution in [-0.4, -0.2) is 65.1 Å². The molecule has 1 aromatic rings. The maximum Gasteiger partial charge on any atom is 0.255 e. The van der Waals surface area contributed by atoms with Crippen LogP contribution in [0, 0.1) is 0 Å². The molecule has 2 atom stereocenters. The minimum atomic E-state index is -0.498. The van der Waals surface area contributed by atoms with Gasteiger partial charge in [-0.3, -0.25) is 4.79 Å². The summed E-state index contributed by atoms with van der Waals surface area (Å²) in [6.45, 7) is 1.01. The van der Waals surface area contributed by atoms with Crippen molar-refractivity contribution in [2.75, 3.05) is 32.9 Å². The molecule has 2 unspecified atom stereocenters. The Morgan fingerprint density at radius 2 is 2.35 bits per heavy atom. The standard InChI is InChI=1S/C13H19ClN4O2/c1-17(2)6-8-3-9(19)7-18(8)13(20)10-4-12(15)16-5-11(10)14/h4-5,8-9,19H,3,6-7H2,1-2H3,(H2,15,16). The number of pyridine rings is 1. The van der Waals surface area contributed by atoms with Gasteiger partial charge in [-0.25, -0.2) is 4.98 Å². The number of rotatable bonds is 3. The smallest absolute Gasteiger partial charge is 0.255 e. The highest BCUT2D eigenvalue weighted by Crippen LogP contribution is 2.25. The first-order chi connectivity index (χ1) is 9.38. The van der Waals surface area contributed by atoms with E-state index in [1.54, 1.807) is 4.90 Å². The van der Waals surface area contributed by atoms with E-state index in [1.165, 1.54) is 12.3 Å². The SMILES string of the molecule is CN(C)CC1CC(O)CN1C(=O)c1cc(N)ncc1Cl. The Balaban J connectivity index is 2.24. The third-order valence-corrected chi connectivity index (χ3v) is 3.64. The number of aliphatic hydroxyl groups is 1. The highest BCUT2D eigenvalue weighted by molar-refractivity contribution is 6.33. The molecule has 7 heteroatoms. The highest BCUT2D eigenvalue weighted by Gasteiger charge is 2.35. The van der Waals surface area contributed by atoms with Gasteiger partial charge in [0.2, 0.25) is 0 Å². The van der Waals surface area contributed by atoms with Crippen molar-refractivity contribution in [3.05, 3.63) is 22.8 Å². The fourth-order valence-electron chi connectivity index (χ4n) is 2.51. The van der Waals surface area contributed by atoms with Gasteiger partial charge in [0.1, 0.15) is 5.82 Å². The van der Waals surface area contributed by atoms with Crippen molar-refractivity contribution >= 4 is 23.3 Å². The van der Waals surface area contributed by atoms with Crippen LogP contribution in [0.4, 0.5) is 5.82 Å². The number of nitrogen functional groups attached to an aromatic ring is 1. The molecule has 0 aromatic carbocycles. The second-order valence-electron chi connectivity index (χ2n) is 5.35. The predicted molar refractivity (Wildman–Crippen MR) is 77.7 cm³/mol. The molecular formula is C13H19ClN4O2. The Hall–Kier alpha value is -1.37. The number of anilines is 1. The van der Waals surface area contributed by atoms with Crippen molar-refractivity contribution < 1.29 is 9.90 Å². The Morgan fingerprint density at radius 1 is 1.65 bits per heavy atom. The van der Waals surface area contributed by atoms with Crippen molar-refractivity contribution in [1.82, 2.24) is 14.8 Å². The molecule has 1 amide bonds. The first-order valence-corrected chi connectivity index (χ1v) is 6.81. The van der Waals surface area contributed by atoms with Crippen molar-refractivity contribution in [2.24, 2.45) is 0 Å². The molecule has 1 aliphatic rings. The number of likely N-dealkylation sites (tertiary alicyclic amines) is 1. The summed E-state index contributed by atoms with van der Waals surface area (Å²) in [6, 6.07) is 1.44. The van der Waals surface area contributed by atoms with Gasteiger partial charge in [0.15, 0.2) is 0 Å². The largest absolute Gasteiger partial charge is 0.391 e. The molecule has 2 heterocycles. The molecule has 1 saturated heterocycles. The Morgan fingerprint density at radius 3 is 3.00 bits per heavy atom. The van der Waals surface area contributed by atoms with E-state index in [4.69, 9.17) is 17.3 Å². The molecule has 0 saturated carbocycles. The summed E-state index contributed by atoms with van der Waals surface area (Å²) >= 11 is 6.02. The molecule has 6 nitrogen and oxygen atoms in total. The van der Waals surface area contributed by atoms with E-state index in [1.807, 2.05) is 19.0 Å². The molecule has 2 rings (SSSR count). The summed E-state index contributed by atoms with van der Waals surface area (Å²) in [6.07, 6.45) is 1.45. The van der Waals surface area contributed by atoms with E-state index >= 15 is 0 Å². The van der Waals surface area contributed by atoms with E-state index in [-0.39, 0.29) is 22.8 Å². The van der Waals surface area contributed by atoms with Crippen LogP contribution in [0.2, 0.25) is 5.02 Å². The Bertz CT molecular complexity index is 509. The van der Waals surface area contributed by atoms with Gasteiger partial charge in [-0.1, -0.05) is 11.6 Å². The minimum absolute atomic E-state index is 0.0297. The number of halogens is 1. The normalized spacial score (nSPS) is 22.6. The lowest BCUT2D eigenvalue weighted by Crippen LogP contribution is -2.41. The number of carbonyl (C=O) groups excluding carboxylic acids is 1. The lowest BCUT2D eigenvalue weighted by atomic mass is 10.1. The zero-order valence-corrected chi connectivity index (χ0v) is 12.3. The van der Waals surface area contributed by atoms with E-state index < -0.39 is 6.10 Å². The fraction of sp³-hybridized carbons (Fsp3) is 0.538. The maximum absolute atomic E-state index is 12.6. The van der Waals surface area contributed by atoms with Gasteiger partial charge >= 0.3 is 0 Å². The first-order valence-electron chi connectivity index (χ1n) is 6.43. The number of hydrogen-bond acceptors (Lipinski definition) is 5. The monoisotopic (exact) mass is 298 g/mol. The molecule has 0 aliphatic carbocycles. The lowest BCUT2D eigenvalue weighted by Gasteiger charge is -2.27. The van der Waals surface area contributed by atoms with Gasteiger partial charge in [-0.05, 0) is 26.6 Å². The second-order valence-corrected chi connectivity index (χ2v) is 5.76. The van der Waals surface area contributed by atoms with E-state index in [2.05, 4.69) is 4.98 Å². The molecule has 0 radical (unpaired) electrons. The van der Waals surface area contributed by atoms with E-state index in [0.29, 0.717) is 25.1 Å². The molecule has 3 N–H and O–H groups in total. The Labute approximate surface area is 123 Å². The number of likely N-dealkylation sites (N-methyl/N-ethyl adjacent to an activating group) is 1. The van der Waals surface area contributed by atoms with Crippen LogP contribution in [0.15, 0.2) is 12.3 Å².